The third-order valence-electron chi connectivity index (χ3n) is 1.92. The van der Waals surface area contributed by atoms with Crippen molar-refractivity contribution in [3.8, 4) is 0 Å². The molecule has 2 amide bonds. The molecule has 0 aromatic carbocycles. The second kappa shape index (κ2) is 8.39. The molecule has 1 aromatic heterocycles. The zero-order chi connectivity index (χ0) is 14.3. The van der Waals surface area contributed by atoms with Gasteiger partial charge >= 0.3 is 0 Å². The SMILES string of the molecule is CCCNC(=O)C(C)Sc1nnc(SCC(N)=O)s1. The van der Waals surface area contributed by atoms with Crippen LogP contribution in [0, 0.1) is 0 Å². The lowest BCUT2D eigenvalue weighted by molar-refractivity contribution is -0.120. The van der Waals surface area contributed by atoms with Crippen molar-refractivity contribution in [2.24, 2.45) is 5.73 Å². The molecule has 0 spiro atoms. The van der Waals surface area contributed by atoms with Gasteiger partial charge < -0.3 is 11.1 Å². The molecule has 1 unspecified atom stereocenters. The Morgan fingerprint density at radius 1 is 1.42 bits per heavy atom. The predicted octanol–water partition coefficient (Wildman–Crippen LogP) is 1.12. The van der Waals surface area contributed by atoms with Gasteiger partial charge in [-0.2, -0.15) is 0 Å². The van der Waals surface area contributed by atoms with Gasteiger partial charge in [0, 0.05) is 6.54 Å². The number of nitrogens with two attached hydrogens (primary N) is 1. The van der Waals surface area contributed by atoms with E-state index >= 15 is 0 Å². The number of carbonyl (C=O) groups is 2. The molecule has 1 rings (SSSR count). The van der Waals surface area contributed by atoms with Crippen molar-refractivity contribution in [2.75, 3.05) is 12.3 Å². The molecule has 0 radical (unpaired) electrons. The van der Waals surface area contributed by atoms with Crippen LogP contribution in [0.5, 0.6) is 0 Å². The number of nitrogens with zero attached hydrogens (tertiary/aromatic N) is 2. The third kappa shape index (κ3) is 6.26. The van der Waals surface area contributed by atoms with E-state index in [9.17, 15) is 9.59 Å². The van der Waals surface area contributed by atoms with Crippen LogP contribution in [0.3, 0.4) is 0 Å². The van der Waals surface area contributed by atoms with Gasteiger partial charge in [0.25, 0.3) is 0 Å². The lowest BCUT2D eigenvalue weighted by Gasteiger charge is -2.08. The van der Waals surface area contributed by atoms with Crippen LogP contribution in [0.1, 0.15) is 20.3 Å². The highest BCUT2D eigenvalue weighted by atomic mass is 32.2. The molecular formula is C10H16N4O2S3. The fraction of sp³-hybridized carbons (Fsp3) is 0.600. The summed E-state index contributed by atoms with van der Waals surface area (Å²) in [6.07, 6.45) is 0.913. The Hall–Kier alpha value is -0.800. The molecule has 0 bridgehead atoms. The first kappa shape index (κ1) is 16.3. The molecule has 1 atom stereocenters. The first-order chi connectivity index (χ1) is 9.02. The zero-order valence-corrected chi connectivity index (χ0v) is 13.2. The molecule has 3 N–H and O–H groups in total. The predicted molar refractivity (Wildman–Crippen MR) is 78.4 cm³/mol. The Morgan fingerprint density at radius 3 is 2.74 bits per heavy atom. The van der Waals surface area contributed by atoms with Crippen LogP contribution in [0.15, 0.2) is 8.68 Å². The molecule has 0 aliphatic rings. The minimum absolute atomic E-state index is 0.00612. The van der Waals surface area contributed by atoms with E-state index < -0.39 is 0 Å². The normalized spacial score (nSPS) is 12.1. The van der Waals surface area contributed by atoms with Crippen LogP contribution in [0.4, 0.5) is 0 Å². The Labute approximate surface area is 124 Å². The quantitative estimate of drug-likeness (QED) is 0.697. The topological polar surface area (TPSA) is 98.0 Å². The van der Waals surface area contributed by atoms with Crippen molar-refractivity contribution in [1.82, 2.24) is 15.5 Å². The van der Waals surface area contributed by atoms with Crippen LogP contribution < -0.4 is 11.1 Å². The van der Waals surface area contributed by atoms with Crippen LogP contribution in [0.25, 0.3) is 0 Å². The average molecular weight is 320 g/mol. The van der Waals surface area contributed by atoms with Gasteiger partial charge in [0.1, 0.15) is 0 Å². The maximum Gasteiger partial charge on any atom is 0.233 e. The number of hydrogen-bond acceptors (Lipinski definition) is 7. The molecule has 9 heteroatoms. The zero-order valence-electron chi connectivity index (χ0n) is 10.7. The Balaban J connectivity index is 2.44. The molecule has 1 aromatic rings. The fourth-order valence-electron chi connectivity index (χ4n) is 1.03. The van der Waals surface area contributed by atoms with Crippen LogP contribution >= 0.6 is 34.9 Å². The van der Waals surface area contributed by atoms with E-state index in [1.54, 1.807) is 0 Å². The maximum atomic E-state index is 11.7. The van der Waals surface area contributed by atoms with Crippen molar-refractivity contribution in [3.05, 3.63) is 0 Å². The van der Waals surface area contributed by atoms with Crippen molar-refractivity contribution in [1.29, 1.82) is 0 Å². The smallest absolute Gasteiger partial charge is 0.233 e. The fourth-order valence-corrected chi connectivity index (χ4v) is 3.96. The second-order valence-corrected chi connectivity index (χ2v) is 7.43. The Morgan fingerprint density at radius 2 is 2.11 bits per heavy atom. The van der Waals surface area contributed by atoms with Crippen molar-refractivity contribution in [3.63, 3.8) is 0 Å². The largest absolute Gasteiger partial charge is 0.369 e. The lowest BCUT2D eigenvalue weighted by atomic mass is 10.4. The monoisotopic (exact) mass is 320 g/mol. The van der Waals surface area contributed by atoms with Crippen LogP contribution in [0.2, 0.25) is 0 Å². The van der Waals surface area contributed by atoms with E-state index in [1.165, 1.54) is 34.9 Å². The summed E-state index contributed by atoms with van der Waals surface area (Å²) in [5, 5.41) is 10.5. The number of hydrogen-bond donors (Lipinski definition) is 2. The second-order valence-electron chi connectivity index (χ2n) is 3.64. The first-order valence-corrected chi connectivity index (χ1v) is 8.40. The summed E-state index contributed by atoms with van der Waals surface area (Å²) < 4.78 is 1.40. The standard InChI is InChI=1S/C10H16N4O2S3/c1-3-4-12-8(16)6(2)18-10-14-13-9(19-10)17-5-7(11)15/h6H,3-5H2,1-2H3,(H2,11,15)(H,12,16). The highest BCUT2D eigenvalue weighted by Crippen LogP contribution is 2.30. The first-order valence-electron chi connectivity index (χ1n) is 5.72. The highest BCUT2D eigenvalue weighted by Gasteiger charge is 2.16. The van der Waals surface area contributed by atoms with Gasteiger partial charge in [-0.25, -0.2) is 0 Å². The highest BCUT2D eigenvalue weighted by molar-refractivity contribution is 8.04. The third-order valence-corrected chi connectivity index (χ3v) is 5.19. The van der Waals surface area contributed by atoms with Crippen molar-refractivity contribution < 1.29 is 9.59 Å². The van der Waals surface area contributed by atoms with Gasteiger partial charge in [0.05, 0.1) is 11.0 Å². The van der Waals surface area contributed by atoms with E-state index in [4.69, 9.17) is 5.73 Å². The van der Waals surface area contributed by atoms with Gasteiger partial charge in [-0.1, -0.05) is 41.8 Å². The molecule has 106 valence electrons. The molecule has 1 heterocycles. The van der Waals surface area contributed by atoms with Gasteiger partial charge in [0.15, 0.2) is 8.68 Å². The number of nitrogens with one attached hydrogen (secondary N) is 1. The van der Waals surface area contributed by atoms with E-state index in [0.717, 1.165) is 6.42 Å². The molecular weight excluding hydrogens is 304 g/mol. The molecule has 0 fully saturated rings. The summed E-state index contributed by atoms with van der Waals surface area (Å²) in [5.41, 5.74) is 5.05. The summed E-state index contributed by atoms with van der Waals surface area (Å²) in [6, 6.07) is 0. The molecule has 0 aliphatic carbocycles. The van der Waals surface area contributed by atoms with Gasteiger partial charge in [0.2, 0.25) is 11.8 Å². The molecule has 0 aliphatic heterocycles. The minimum Gasteiger partial charge on any atom is -0.369 e. The lowest BCUT2D eigenvalue weighted by Crippen LogP contribution is -2.31. The van der Waals surface area contributed by atoms with Gasteiger partial charge in [-0.15, -0.1) is 10.2 Å². The number of rotatable bonds is 8. The van der Waals surface area contributed by atoms with Crippen molar-refractivity contribution >= 4 is 46.7 Å². The van der Waals surface area contributed by atoms with E-state index in [0.29, 0.717) is 15.2 Å². The molecule has 0 saturated heterocycles. The molecule has 6 nitrogen and oxygen atoms in total. The van der Waals surface area contributed by atoms with Gasteiger partial charge in [-0.3, -0.25) is 9.59 Å². The Kier molecular flexibility index (Phi) is 7.17. The van der Waals surface area contributed by atoms with Gasteiger partial charge in [-0.05, 0) is 13.3 Å². The molecule has 0 saturated carbocycles. The number of carbonyl (C=O) groups excluding carboxylic acids is 2. The van der Waals surface area contributed by atoms with E-state index in [-0.39, 0.29) is 22.8 Å². The summed E-state index contributed by atoms with van der Waals surface area (Å²) in [7, 11) is 0. The van der Waals surface area contributed by atoms with Crippen LogP contribution in [-0.4, -0.2) is 39.6 Å². The summed E-state index contributed by atoms with van der Waals surface area (Å²) in [6.45, 7) is 4.51. The van der Waals surface area contributed by atoms with E-state index in [2.05, 4.69) is 15.5 Å². The van der Waals surface area contributed by atoms with E-state index in [1.807, 2.05) is 13.8 Å². The summed E-state index contributed by atoms with van der Waals surface area (Å²) in [4.78, 5) is 22.3. The summed E-state index contributed by atoms with van der Waals surface area (Å²) >= 11 is 3.98. The number of aromatic nitrogens is 2. The summed E-state index contributed by atoms with van der Waals surface area (Å²) in [5.74, 6) is -0.207. The minimum atomic E-state index is -0.387. The number of thioether (sulfide) groups is 2. The Bertz CT molecular complexity index is 438. The average Bonchev–Trinajstić information content (AvgIpc) is 2.81. The maximum absolute atomic E-state index is 11.7. The van der Waals surface area contributed by atoms with Crippen molar-refractivity contribution in [2.45, 2.75) is 34.2 Å². The number of primary amides is 1. The molecule has 19 heavy (non-hydrogen) atoms. The van der Waals surface area contributed by atoms with Crippen LogP contribution in [-0.2, 0) is 9.59 Å². The number of amides is 2.